The van der Waals surface area contributed by atoms with Crippen LogP contribution in [-0.4, -0.2) is 11.8 Å². The topological polar surface area (TPSA) is 58.2 Å². The summed E-state index contributed by atoms with van der Waals surface area (Å²) in [6.45, 7) is 4.18. The van der Waals surface area contributed by atoms with Crippen LogP contribution in [0.2, 0.25) is 5.02 Å². The Bertz CT molecular complexity index is 711. The summed E-state index contributed by atoms with van der Waals surface area (Å²) in [5, 5.41) is 5.72. The molecule has 0 radical (unpaired) electrons. The highest BCUT2D eigenvalue weighted by Gasteiger charge is 2.14. The van der Waals surface area contributed by atoms with Gasteiger partial charge in [0.2, 0.25) is 0 Å². The van der Waals surface area contributed by atoms with Gasteiger partial charge in [0, 0.05) is 17.3 Å². The maximum atomic E-state index is 11.9. The van der Waals surface area contributed by atoms with Crippen LogP contribution in [0.3, 0.4) is 0 Å². The number of hydrogen-bond acceptors (Lipinski definition) is 2. The van der Waals surface area contributed by atoms with Gasteiger partial charge in [-0.1, -0.05) is 48.9 Å². The molecule has 0 spiro atoms. The summed E-state index contributed by atoms with van der Waals surface area (Å²) in [6.07, 6.45) is 0.966. The summed E-state index contributed by atoms with van der Waals surface area (Å²) >= 11 is 5.99. The van der Waals surface area contributed by atoms with Crippen LogP contribution >= 0.6 is 11.6 Å². The van der Waals surface area contributed by atoms with Crippen LogP contribution in [-0.2, 0) is 22.6 Å². The summed E-state index contributed by atoms with van der Waals surface area (Å²) in [4.78, 5) is 23.8. The summed E-state index contributed by atoms with van der Waals surface area (Å²) in [5.74, 6) is -1.38. The molecule has 0 heterocycles. The van der Waals surface area contributed by atoms with E-state index in [1.807, 2.05) is 24.3 Å². The molecule has 0 atom stereocenters. The lowest BCUT2D eigenvalue weighted by Crippen LogP contribution is -2.35. The van der Waals surface area contributed by atoms with E-state index < -0.39 is 11.8 Å². The molecule has 120 valence electrons. The van der Waals surface area contributed by atoms with Gasteiger partial charge in [-0.05, 0) is 42.2 Å². The van der Waals surface area contributed by atoms with Crippen molar-refractivity contribution in [3.05, 3.63) is 64.2 Å². The molecule has 0 saturated heterocycles. The summed E-state index contributed by atoms with van der Waals surface area (Å²) in [5.41, 5.74) is 3.44. The van der Waals surface area contributed by atoms with Gasteiger partial charge in [0.25, 0.3) is 0 Å². The normalized spacial score (nSPS) is 10.2. The van der Waals surface area contributed by atoms with Gasteiger partial charge in [0.15, 0.2) is 0 Å². The molecule has 4 nitrogen and oxygen atoms in total. The Morgan fingerprint density at radius 2 is 1.65 bits per heavy atom. The second-order valence-corrected chi connectivity index (χ2v) is 5.63. The van der Waals surface area contributed by atoms with Crippen molar-refractivity contribution in [2.75, 3.05) is 5.32 Å². The second kappa shape index (κ2) is 7.79. The van der Waals surface area contributed by atoms with E-state index >= 15 is 0 Å². The molecule has 0 aliphatic carbocycles. The van der Waals surface area contributed by atoms with Gasteiger partial charge in [0.1, 0.15) is 0 Å². The molecule has 2 aromatic carbocycles. The number of anilines is 1. The van der Waals surface area contributed by atoms with Crippen molar-refractivity contribution in [1.82, 2.24) is 5.32 Å². The molecular weight excluding hydrogens is 312 g/mol. The third-order valence-corrected chi connectivity index (χ3v) is 4.02. The number of carbonyl (C=O) groups is 2. The molecule has 0 fully saturated rings. The SMILES string of the molecule is CCc1ccc(CNC(=O)C(=O)Nc2cccc(Cl)c2C)cc1. The van der Waals surface area contributed by atoms with Crippen molar-refractivity contribution < 1.29 is 9.59 Å². The summed E-state index contributed by atoms with van der Waals surface area (Å²) in [7, 11) is 0. The predicted octanol–water partition coefficient (Wildman–Crippen LogP) is 3.47. The predicted molar refractivity (Wildman–Crippen MR) is 92.5 cm³/mol. The molecule has 23 heavy (non-hydrogen) atoms. The third kappa shape index (κ3) is 4.57. The van der Waals surface area contributed by atoms with Gasteiger partial charge in [-0.2, -0.15) is 0 Å². The Kier molecular flexibility index (Phi) is 5.77. The van der Waals surface area contributed by atoms with Gasteiger partial charge in [-0.3, -0.25) is 9.59 Å². The third-order valence-electron chi connectivity index (χ3n) is 3.61. The molecule has 0 aliphatic rings. The van der Waals surface area contributed by atoms with Crippen molar-refractivity contribution in [3.63, 3.8) is 0 Å². The Balaban J connectivity index is 1.92. The minimum absolute atomic E-state index is 0.310. The Morgan fingerprint density at radius 1 is 1.00 bits per heavy atom. The highest BCUT2D eigenvalue weighted by atomic mass is 35.5. The van der Waals surface area contributed by atoms with E-state index in [2.05, 4.69) is 17.6 Å². The highest BCUT2D eigenvalue weighted by molar-refractivity contribution is 6.40. The quantitative estimate of drug-likeness (QED) is 0.843. The van der Waals surface area contributed by atoms with Gasteiger partial charge in [-0.25, -0.2) is 0 Å². The van der Waals surface area contributed by atoms with Crippen LogP contribution in [0.25, 0.3) is 0 Å². The fourth-order valence-corrected chi connectivity index (χ4v) is 2.25. The molecule has 2 rings (SSSR count). The molecule has 5 heteroatoms. The Hall–Kier alpha value is -2.33. The molecular formula is C18H19ClN2O2. The molecule has 0 aromatic heterocycles. The maximum absolute atomic E-state index is 11.9. The Morgan fingerprint density at radius 3 is 2.30 bits per heavy atom. The van der Waals surface area contributed by atoms with E-state index in [1.165, 1.54) is 5.56 Å². The number of rotatable bonds is 4. The van der Waals surface area contributed by atoms with Gasteiger partial charge >= 0.3 is 11.8 Å². The largest absolute Gasteiger partial charge is 0.344 e. The van der Waals surface area contributed by atoms with Crippen LogP contribution in [0.1, 0.15) is 23.6 Å². The Labute approximate surface area is 140 Å². The van der Waals surface area contributed by atoms with Crippen LogP contribution in [0, 0.1) is 6.92 Å². The molecule has 0 unspecified atom stereocenters. The number of amides is 2. The standard InChI is InChI=1S/C18H19ClN2O2/c1-3-13-7-9-14(10-8-13)11-20-17(22)18(23)21-16-6-4-5-15(19)12(16)2/h4-10H,3,11H2,1-2H3,(H,20,22)(H,21,23). The average molecular weight is 331 g/mol. The lowest BCUT2D eigenvalue weighted by molar-refractivity contribution is -0.136. The highest BCUT2D eigenvalue weighted by Crippen LogP contribution is 2.22. The maximum Gasteiger partial charge on any atom is 0.313 e. The van der Waals surface area contributed by atoms with E-state index in [0.717, 1.165) is 17.5 Å². The first-order chi connectivity index (χ1) is 11.0. The van der Waals surface area contributed by atoms with E-state index in [-0.39, 0.29) is 0 Å². The fourth-order valence-electron chi connectivity index (χ4n) is 2.08. The molecule has 2 N–H and O–H groups in total. The summed E-state index contributed by atoms with van der Waals surface area (Å²) < 4.78 is 0. The zero-order valence-corrected chi connectivity index (χ0v) is 13.9. The van der Waals surface area contributed by atoms with Gasteiger partial charge in [-0.15, -0.1) is 0 Å². The molecule has 0 aliphatic heterocycles. The molecule has 2 aromatic rings. The van der Waals surface area contributed by atoms with Crippen molar-refractivity contribution in [1.29, 1.82) is 0 Å². The number of carbonyl (C=O) groups excluding carboxylic acids is 2. The summed E-state index contributed by atoms with van der Waals surface area (Å²) in [6, 6.07) is 13.1. The molecule has 0 bridgehead atoms. The van der Waals surface area contributed by atoms with E-state index in [0.29, 0.717) is 17.3 Å². The smallest absolute Gasteiger partial charge is 0.313 e. The number of nitrogens with one attached hydrogen (secondary N) is 2. The second-order valence-electron chi connectivity index (χ2n) is 5.22. The van der Waals surface area contributed by atoms with Crippen LogP contribution in [0.5, 0.6) is 0 Å². The zero-order chi connectivity index (χ0) is 16.8. The number of halogens is 1. The van der Waals surface area contributed by atoms with Gasteiger partial charge in [0.05, 0.1) is 0 Å². The zero-order valence-electron chi connectivity index (χ0n) is 13.2. The minimum atomic E-state index is -0.708. The van der Waals surface area contributed by atoms with E-state index in [9.17, 15) is 9.59 Å². The first-order valence-corrected chi connectivity index (χ1v) is 7.81. The van der Waals surface area contributed by atoms with Crippen molar-refractivity contribution in [3.8, 4) is 0 Å². The van der Waals surface area contributed by atoms with Crippen molar-refractivity contribution in [2.45, 2.75) is 26.8 Å². The van der Waals surface area contributed by atoms with E-state index in [1.54, 1.807) is 25.1 Å². The van der Waals surface area contributed by atoms with Crippen LogP contribution in [0.15, 0.2) is 42.5 Å². The number of aryl methyl sites for hydroxylation is 1. The van der Waals surface area contributed by atoms with Crippen molar-refractivity contribution in [2.24, 2.45) is 0 Å². The molecule has 2 amide bonds. The fraction of sp³-hybridized carbons (Fsp3) is 0.222. The monoisotopic (exact) mass is 330 g/mol. The molecule has 0 saturated carbocycles. The van der Waals surface area contributed by atoms with Crippen LogP contribution < -0.4 is 10.6 Å². The average Bonchev–Trinajstić information content (AvgIpc) is 2.57. The lowest BCUT2D eigenvalue weighted by atomic mass is 10.1. The van der Waals surface area contributed by atoms with Crippen LogP contribution in [0.4, 0.5) is 5.69 Å². The van der Waals surface area contributed by atoms with Gasteiger partial charge < -0.3 is 10.6 Å². The lowest BCUT2D eigenvalue weighted by Gasteiger charge is -2.10. The number of benzene rings is 2. The first-order valence-electron chi connectivity index (χ1n) is 7.43. The van der Waals surface area contributed by atoms with Crippen molar-refractivity contribution >= 4 is 29.1 Å². The first kappa shape index (κ1) is 17.0. The number of hydrogen-bond donors (Lipinski definition) is 2. The van der Waals surface area contributed by atoms with E-state index in [4.69, 9.17) is 11.6 Å². The minimum Gasteiger partial charge on any atom is -0.344 e.